The van der Waals surface area contributed by atoms with Gasteiger partial charge in [-0.1, -0.05) is 32.5 Å². The summed E-state index contributed by atoms with van der Waals surface area (Å²) in [5.74, 6) is 0.833. The highest BCUT2D eigenvalue weighted by molar-refractivity contribution is 8.00. The molecule has 0 aliphatic heterocycles. The minimum absolute atomic E-state index is 0.00602. The molecular formula is C11H18N4O2S. The number of aryl methyl sites for hydroxylation is 1. The Morgan fingerprint density at radius 1 is 1.33 bits per heavy atom. The van der Waals surface area contributed by atoms with Crippen LogP contribution in [0.2, 0.25) is 0 Å². The maximum atomic E-state index is 11.1. The van der Waals surface area contributed by atoms with Gasteiger partial charge in [-0.3, -0.25) is 10.1 Å². The molecule has 0 saturated carbocycles. The molecule has 0 spiro atoms. The van der Waals surface area contributed by atoms with Gasteiger partial charge in [0.2, 0.25) is 5.95 Å². The molecular weight excluding hydrogens is 252 g/mol. The lowest BCUT2D eigenvalue weighted by Crippen LogP contribution is -2.09. The topological polar surface area (TPSA) is 81.0 Å². The largest absolute Gasteiger partial charge is 0.357 e. The third-order valence-electron chi connectivity index (χ3n) is 2.67. The smallest absolute Gasteiger partial charge is 0.322 e. The van der Waals surface area contributed by atoms with E-state index >= 15 is 0 Å². The Morgan fingerprint density at radius 2 is 1.94 bits per heavy atom. The van der Waals surface area contributed by atoms with E-state index in [4.69, 9.17) is 0 Å². The van der Waals surface area contributed by atoms with E-state index in [0.29, 0.717) is 22.6 Å². The number of thioether (sulfide) groups is 1. The Labute approximate surface area is 111 Å². The van der Waals surface area contributed by atoms with E-state index in [0.717, 1.165) is 0 Å². The summed E-state index contributed by atoms with van der Waals surface area (Å²) < 4.78 is 0. The van der Waals surface area contributed by atoms with Crippen LogP contribution in [0.15, 0.2) is 5.03 Å². The first-order valence-electron chi connectivity index (χ1n) is 5.74. The molecule has 7 heteroatoms. The lowest BCUT2D eigenvalue weighted by molar-refractivity contribution is -0.389. The van der Waals surface area contributed by atoms with Gasteiger partial charge in [-0.05, 0) is 12.8 Å². The molecule has 1 rings (SSSR count). The molecule has 0 amide bonds. The van der Waals surface area contributed by atoms with Gasteiger partial charge in [-0.25, -0.2) is 4.98 Å². The van der Waals surface area contributed by atoms with Gasteiger partial charge < -0.3 is 5.32 Å². The summed E-state index contributed by atoms with van der Waals surface area (Å²) in [7, 11) is 1.70. The highest BCUT2D eigenvalue weighted by atomic mass is 32.2. The molecule has 0 aromatic carbocycles. The summed E-state index contributed by atoms with van der Waals surface area (Å²) >= 11 is 1.42. The standard InChI is InChI=1S/C11H18N4O2S/c1-6(2)8(4)18-10-9(15(16)17)7(3)13-11(12-5)14-10/h6,8H,1-5H3,(H,12,13,14). The Balaban J connectivity index is 3.21. The van der Waals surface area contributed by atoms with Crippen molar-refractivity contribution in [3.05, 3.63) is 15.8 Å². The minimum Gasteiger partial charge on any atom is -0.357 e. The van der Waals surface area contributed by atoms with E-state index in [9.17, 15) is 10.1 Å². The first kappa shape index (κ1) is 14.7. The highest BCUT2D eigenvalue weighted by Crippen LogP contribution is 2.35. The molecule has 0 aliphatic rings. The van der Waals surface area contributed by atoms with Gasteiger partial charge in [-0.2, -0.15) is 4.98 Å². The summed E-state index contributed by atoms with van der Waals surface area (Å²) in [5, 5.41) is 14.6. The number of hydrogen-bond donors (Lipinski definition) is 1. The molecule has 100 valence electrons. The van der Waals surface area contributed by atoms with Crippen LogP contribution in [0, 0.1) is 23.0 Å². The van der Waals surface area contributed by atoms with Crippen LogP contribution in [0.5, 0.6) is 0 Å². The molecule has 1 unspecified atom stereocenters. The van der Waals surface area contributed by atoms with E-state index < -0.39 is 4.92 Å². The van der Waals surface area contributed by atoms with Crippen molar-refractivity contribution in [2.75, 3.05) is 12.4 Å². The Hall–Kier alpha value is -1.37. The van der Waals surface area contributed by atoms with Crippen LogP contribution in [0.1, 0.15) is 26.5 Å². The van der Waals surface area contributed by atoms with Gasteiger partial charge in [0, 0.05) is 12.3 Å². The summed E-state index contributed by atoms with van der Waals surface area (Å²) in [4.78, 5) is 18.9. The molecule has 0 fully saturated rings. The number of nitrogens with one attached hydrogen (secondary N) is 1. The van der Waals surface area contributed by atoms with Crippen LogP contribution in [-0.2, 0) is 0 Å². The fourth-order valence-corrected chi connectivity index (χ4v) is 2.35. The van der Waals surface area contributed by atoms with E-state index in [-0.39, 0.29) is 10.9 Å². The number of nitrogens with zero attached hydrogens (tertiary/aromatic N) is 3. The summed E-state index contributed by atoms with van der Waals surface area (Å²) in [5.41, 5.74) is 0.393. The fraction of sp³-hybridized carbons (Fsp3) is 0.636. The highest BCUT2D eigenvalue weighted by Gasteiger charge is 2.24. The average Bonchev–Trinajstić information content (AvgIpc) is 2.27. The first-order chi connectivity index (χ1) is 8.36. The van der Waals surface area contributed by atoms with Crippen molar-refractivity contribution in [1.82, 2.24) is 9.97 Å². The molecule has 1 heterocycles. The lowest BCUT2D eigenvalue weighted by Gasteiger charge is -2.15. The molecule has 1 aromatic heterocycles. The maximum Gasteiger partial charge on any atom is 0.322 e. The quantitative estimate of drug-likeness (QED) is 0.383. The van der Waals surface area contributed by atoms with Crippen molar-refractivity contribution in [3.63, 3.8) is 0 Å². The van der Waals surface area contributed by atoms with E-state index in [1.165, 1.54) is 11.8 Å². The van der Waals surface area contributed by atoms with Crippen molar-refractivity contribution in [3.8, 4) is 0 Å². The molecule has 0 bridgehead atoms. The Bertz CT molecular complexity index is 451. The Kier molecular flexibility index (Phi) is 4.89. The molecule has 0 saturated heterocycles. The van der Waals surface area contributed by atoms with Crippen LogP contribution in [-0.4, -0.2) is 27.2 Å². The van der Waals surface area contributed by atoms with Gasteiger partial charge in [0.25, 0.3) is 0 Å². The Morgan fingerprint density at radius 3 is 2.39 bits per heavy atom. The summed E-state index contributed by atoms with van der Waals surface area (Å²) in [6, 6.07) is 0. The predicted molar refractivity (Wildman–Crippen MR) is 73.1 cm³/mol. The lowest BCUT2D eigenvalue weighted by atomic mass is 10.2. The number of aromatic nitrogens is 2. The molecule has 1 atom stereocenters. The summed E-state index contributed by atoms with van der Waals surface area (Å²) in [6.07, 6.45) is 0. The van der Waals surface area contributed by atoms with E-state index in [1.54, 1.807) is 14.0 Å². The molecule has 1 aromatic rings. The van der Waals surface area contributed by atoms with Crippen LogP contribution < -0.4 is 5.32 Å². The molecule has 18 heavy (non-hydrogen) atoms. The van der Waals surface area contributed by atoms with Crippen LogP contribution in [0.4, 0.5) is 11.6 Å². The van der Waals surface area contributed by atoms with Gasteiger partial charge in [-0.15, -0.1) is 0 Å². The zero-order valence-corrected chi connectivity index (χ0v) is 12.0. The first-order valence-corrected chi connectivity index (χ1v) is 6.62. The zero-order valence-electron chi connectivity index (χ0n) is 11.2. The molecule has 0 aliphatic carbocycles. The predicted octanol–water partition coefficient (Wildman–Crippen LogP) is 2.87. The fourth-order valence-electron chi connectivity index (χ4n) is 1.26. The minimum atomic E-state index is -0.413. The molecule has 0 radical (unpaired) electrons. The van der Waals surface area contributed by atoms with E-state index in [1.807, 2.05) is 6.92 Å². The number of anilines is 1. The molecule has 6 nitrogen and oxygen atoms in total. The molecule has 1 N–H and O–H groups in total. The normalized spacial score (nSPS) is 12.6. The van der Waals surface area contributed by atoms with Crippen molar-refractivity contribution in [2.24, 2.45) is 5.92 Å². The van der Waals surface area contributed by atoms with Crippen LogP contribution in [0.25, 0.3) is 0 Å². The maximum absolute atomic E-state index is 11.1. The third-order valence-corrected chi connectivity index (χ3v) is 4.09. The van der Waals surface area contributed by atoms with Crippen molar-refractivity contribution >= 4 is 23.4 Å². The zero-order chi connectivity index (χ0) is 13.9. The number of hydrogen-bond acceptors (Lipinski definition) is 6. The average molecular weight is 270 g/mol. The number of nitro groups is 1. The monoisotopic (exact) mass is 270 g/mol. The second kappa shape index (κ2) is 5.99. The van der Waals surface area contributed by atoms with Gasteiger partial charge in [0.1, 0.15) is 5.69 Å². The van der Waals surface area contributed by atoms with E-state index in [2.05, 4.69) is 29.1 Å². The SMILES string of the molecule is CNc1nc(C)c([N+](=O)[O-])c(SC(C)C(C)C)n1. The summed E-state index contributed by atoms with van der Waals surface area (Å²) in [6.45, 7) is 7.83. The van der Waals surface area contributed by atoms with Crippen LogP contribution >= 0.6 is 11.8 Å². The van der Waals surface area contributed by atoms with Crippen molar-refractivity contribution in [1.29, 1.82) is 0 Å². The second-order valence-electron chi connectivity index (χ2n) is 4.36. The van der Waals surface area contributed by atoms with Crippen molar-refractivity contribution in [2.45, 2.75) is 38.0 Å². The van der Waals surface area contributed by atoms with Gasteiger partial charge >= 0.3 is 5.69 Å². The van der Waals surface area contributed by atoms with Crippen molar-refractivity contribution < 1.29 is 4.92 Å². The third kappa shape index (κ3) is 3.32. The van der Waals surface area contributed by atoms with Crippen LogP contribution in [0.3, 0.4) is 0 Å². The number of rotatable bonds is 5. The van der Waals surface area contributed by atoms with Gasteiger partial charge in [0.05, 0.1) is 4.92 Å². The second-order valence-corrected chi connectivity index (χ2v) is 5.73. The van der Waals surface area contributed by atoms with Gasteiger partial charge in [0.15, 0.2) is 5.03 Å².